The molecule has 2 unspecified atom stereocenters. The maximum absolute atomic E-state index is 5.85. The van der Waals surface area contributed by atoms with E-state index in [1.165, 1.54) is 18.4 Å². The van der Waals surface area contributed by atoms with Gasteiger partial charge in [-0.15, -0.1) is 0 Å². The first kappa shape index (κ1) is 14.4. The van der Waals surface area contributed by atoms with Crippen molar-refractivity contribution in [2.45, 2.75) is 58.7 Å². The van der Waals surface area contributed by atoms with Gasteiger partial charge in [0.2, 0.25) is 0 Å². The minimum atomic E-state index is -0.0484. The van der Waals surface area contributed by atoms with E-state index in [2.05, 4.69) is 45.0 Å². The van der Waals surface area contributed by atoms with Crippen molar-refractivity contribution in [2.24, 2.45) is 5.92 Å². The average Bonchev–Trinajstić information content (AvgIpc) is 2.40. The third-order valence-electron chi connectivity index (χ3n) is 3.68. The van der Waals surface area contributed by atoms with Gasteiger partial charge in [-0.2, -0.15) is 0 Å². The summed E-state index contributed by atoms with van der Waals surface area (Å²) in [7, 11) is 0. The molecule has 2 heteroatoms. The molecule has 1 fully saturated rings. The molecule has 0 amide bonds. The number of benzene rings is 1. The normalized spacial score (nSPS) is 21.4. The summed E-state index contributed by atoms with van der Waals surface area (Å²) in [5.41, 5.74) is 1.39. The minimum absolute atomic E-state index is 0.0484. The second-order valence-electron chi connectivity index (χ2n) is 6.01. The maximum atomic E-state index is 5.85. The Bertz CT molecular complexity index is 363. The summed E-state index contributed by atoms with van der Waals surface area (Å²) in [5, 5.41) is 0. The molecule has 0 saturated carbocycles. The molecule has 106 valence electrons. The van der Waals surface area contributed by atoms with Crippen LogP contribution in [0.15, 0.2) is 24.3 Å². The topological polar surface area (TPSA) is 18.5 Å². The van der Waals surface area contributed by atoms with Crippen LogP contribution in [0.4, 0.5) is 0 Å². The zero-order valence-electron chi connectivity index (χ0n) is 12.4. The summed E-state index contributed by atoms with van der Waals surface area (Å²) in [5.74, 6) is 2.27. The highest BCUT2D eigenvalue weighted by atomic mass is 16.7. The minimum Gasteiger partial charge on any atom is -0.465 e. The van der Waals surface area contributed by atoms with Crippen LogP contribution in [0.3, 0.4) is 0 Å². The Morgan fingerprint density at radius 3 is 2.47 bits per heavy atom. The van der Waals surface area contributed by atoms with E-state index >= 15 is 0 Å². The van der Waals surface area contributed by atoms with Crippen LogP contribution < -0.4 is 4.74 Å². The van der Waals surface area contributed by atoms with E-state index < -0.39 is 0 Å². The summed E-state index contributed by atoms with van der Waals surface area (Å²) in [6.45, 7) is 7.66. The van der Waals surface area contributed by atoms with Crippen LogP contribution in [0.5, 0.6) is 5.75 Å². The number of ether oxygens (including phenoxy) is 2. The number of rotatable bonds is 5. The predicted octanol–water partition coefficient (Wildman–Crippen LogP) is 4.74. The maximum Gasteiger partial charge on any atom is 0.199 e. The van der Waals surface area contributed by atoms with Crippen LogP contribution >= 0.6 is 0 Å². The van der Waals surface area contributed by atoms with Crippen molar-refractivity contribution < 1.29 is 9.47 Å². The molecule has 2 rings (SSSR count). The van der Waals surface area contributed by atoms with Crippen LogP contribution in [0.1, 0.15) is 57.9 Å². The highest BCUT2D eigenvalue weighted by Gasteiger charge is 2.15. The Hall–Kier alpha value is -1.02. The molecule has 2 atom stereocenters. The molecule has 0 aromatic heterocycles. The third-order valence-corrected chi connectivity index (χ3v) is 3.68. The Morgan fingerprint density at radius 2 is 1.89 bits per heavy atom. The van der Waals surface area contributed by atoms with Gasteiger partial charge >= 0.3 is 0 Å². The summed E-state index contributed by atoms with van der Waals surface area (Å²) in [6.07, 6.45) is 4.55. The predicted molar refractivity (Wildman–Crippen MR) is 78.5 cm³/mol. The van der Waals surface area contributed by atoms with Gasteiger partial charge in [0.25, 0.3) is 0 Å². The summed E-state index contributed by atoms with van der Waals surface area (Å²) < 4.78 is 11.4. The Kier molecular flexibility index (Phi) is 5.26. The lowest BCUT2D eigenvalue weighted by Crippen LogP contribution is -2.24. The lowest BCUT2D eigenvalue weighted by molar-refractivity contribution is -0.105. The fourth-order valence-corrected chi connectivity index (χ4v) is 2.67. The van der Waals surface area contributed by atoms with Crippen molar-refractivity contribution in [2.75, 3.05) is 6.61 Å². The van der Waals surface area contributed by atoms with Gasteiger partial charge in [0, 0.05) is 6.42 Å². The van der Waals surface area contributed by atoms with Gasteiger partial charge in [0.1, 0.15) is 5.75 Å². The van der Waals surface area contributed by atoms with Gasteiger partial charge in [-0.3, -0.25) is 0 Å². The quantitative estimate of drug-likeness (QED) is 0.763. The molecule has 1 aromatic carbocycles. The standard InChI is InChI=1S/C17H26O2/c1-13(2)12-14(3)15-7-9-16(10-8-15)19-17-6-4-5-11-18-17/h7-10,13-14,17H,4-6,11-12H2,1-3H3. The first-order chi connectivity index (χ1) is 9.15. The molecule has 0 spiro atoms. The molecule has 19 heavy (non-hydrogen) atoms. The largest absolute Gasteiger partial charge is 0.465 e. The van der Waals surface area contributed by atoms with E-state index in [0.717, 1.165) is 31.1 Å². The zero-order valence-corrected chi connectivity index (χ0v) is 12.4. The molecular formula is C17H26O2. The Morgan fingerprint density at radius 1 is 1.16 bits per heavy atom. The number of hydrogen-bond donors (Lipinski definition) is 0. The third kappa shape index (κ3) is 4.54. The van der Waals surface area contributed by atoms with Gasteiger partial charge in [0.05, 0.1) is 6.61 Å². The van der Waals surface area contributed by atoms with Crippen LogP contribution in [-0.2, 0) is 4.74 Å². The van der Waals surface area contributed by atoms with Crippen molar-refractivity contribution in [3.63, 3.8) is 0 Å². The zero-order chi connectivity index (χ0) is 13.7. The van der Waals surface area contributed by atoms with Crippen molar-refractivity contribution in [1.82, 2.24) is 0 Å². The van der Waals surface area contributed by atoms with Gasteiger partial charge < -0.3 is 9.47 Å². The van der Waals surface area contributed by atoms with E-state index in [0.29, 0.717) is 5.92 Å². The molecule has 1 aromatic rings. The summed E-state index contributed by atoms with van der Waals surface area (Å²) >= 11 is 0. The molecular weight excluding hydrogens is 236 g/mol. The fraction of sp³-hybridized carbons (Fsp3) is 0.647. The highest BCUT2D eigenvalue weighted by molar-refractivity contribution is 5.29. The molecule has 2 nitrogen and oxygen atoms in total. The van der Waals surface area contributed by atoms with Crippen LogP contribution in [0.25, 0.3) is 0 Å². The van der Waals surface area contributed by atoms with E-state index in [4.69, 9.17) is 9.47 Å². The summed E-state index contributed by atoms with van der Waals surface area (Å²) in [4.78, 5) is 0. The first-order valence-corrected chi connectivity index (χ1v) is 7.53. The number of hydrogen-bond acceptors (Lipinski definition) is 2. The van der Waals surface area contributed by atoms with Gasteiger partial charge in [-0.1, -0.05) is 32.9 Å². The molecule has 0 radical (unpaired) electrons. The van der Waals surface area contributed by atoms with Gasteiger partial charge in [-0.25, -0.2) is 0 Å². The van der Waals surface area contributed by atoms with Crippen molar-refractivity contribution in [3.05, 3.63) is 29.8 Å². The van der Waals surface area contributed by atoms with E-state index in [1.807, 2.05) is 0 Å². The molecule has 1 heterocycles. The van der Waals surface area contributed by atoms with Crippen LogP contribution in [-0.4, -0.2) is 12.9 Å². The first-order valence-electron chi connectivity index (χ1n) is 7.53. The fourth-order valence-electron chi connectivity index (χ4n) is 2.67. The van der Waals surface area contributed by atoms with E-state index in [1.54, 1.807) is 0 Å². The molecule has 1 aliphatic rings. The lowest BCUT2D eigenvalue weighted by atomic mass is 9.92. The Balaban J connectivity index is 1.90. The van der Waals surface area contributed by atoms with E-state index in [9.17, 15) is 0 Å². The lowest BCUT2D eigenvalue weighted by Gasteiger charge is -2.23. The Labute approximate surface area is 117 Å². The average molecular weight is 262 g/mol. The van der Waals surface area contributed by atoms with Gasteiger partial charge in [0.15, 0.2) is 6.29 Å². The second-order valence-corrected chi connectivity index (χ2v) is 6.01. The molecule has 0 aliphatic carbocycles. The SMILES string of the molecule is CC(C)CC(C)c1ccc(OC2CCCCO2)cc1. The van der Waals surface area contributed by atoms with Crippen LogP contribution in [0.2, 0.25) is 0 Å². The molecule has 0 N–H and O–H groups in total. The van der Waals surface area contributed by atoms with Crippen LogP contribution in [0, 0.1) is 5.92 Å². The smallest absolute Gasteiger partial charge is 0.199 e. The highest BCUT2D eigenvalue weighted by Crippen LogP contribution is 2.26. The van der Waals surface area contributed by atoms with Gasteiger partial charge in [-0.05, 0) is 48.8 Å². The van der Waals surface area contributed by atoms with Crippen molar-refractivity contribution in [1.29, 1.82) is 0 Å². The molecule has 1 aliphatic heterocycles. The monoisotopic (exact) mass is 262 g/mol. The molecule has 0 bridgehead atoms. The molecule has 1 saturated heterocycles. The van der Waals surface area contributed by atoms with Crippen molar-refractivity contribution in [3.8, 4) is 5.75 Å². The van der Waals surface area contributed by atoms with Crippen molar-refractivity contribution >= 4 is 0 Å². The second kappa shape index (κ2) is 6.95. The summed E-state index contributed by atoms with van der Waals surface area (Å²) in [6, 6.07) is 8.52. The van der Waals surface area contributed by atoms with E-state index in [-0.39, 0.29) is 6.29 Å².